The molecule has 0 radical (unpaired) electrons. The standard InChI is InChI=1S/C26H27ClFN3O4/c1-14(12-34-17-7-5-16(27)6-8-17)30-22-20(28)21(29)19-23-25(22)35-13-26(9-3-4-10-26)31(23)11-18(15(2)32)24(19)33/h5-8,11,14,30H,3-4,9-10,12-13,29H2,1-2H3. The van der Waals surface area contributed by atoms with Gasteiger partial charge < -0.3 is 25.1 Å². The molecule has 184 valence electrons. The van der Waals surface area contributed by atoms with E-state index in [2.05, 4.69) is 5.32 Å². The molecular formula is C26H27ClFN3O4. The van der Waals surface area contributed by atoms with Crippen molar-refractivity contribution in [3.05, 3.63) is 57.1 Å². The average molecular weight is 500 g/mol. The number of nitrogens with one attached hydrogen (secondary N) is 1. The van der Waals surface area contributed by atoms with Gasteiger partial charge in [0.2, 0.25) is 5.43 Å². The number of aromatic nitrogens is 1. The van der Waals surface area contributed by atoms with Crippen molar-refractivity contribution in [3.63, 3.8) is 0 Å². The largest absolute Gasteiger partial charge is 0.491 e. The zero-order valence-electron chi connectivity index (χ0n) is 19.6. The highest BCUT2D eigenvalue weighted by Gasteiger charge is 2.43. The zero-order valence-corrected chi connectivity index (χ0v) is 20.4. The number of hydrogen-bond donors (Lipinski definition) is 2. The van der Waals surface area contributed by atoms with Crippen LogP contribution < -0.4 is 26.0 Å². The van der Waals surface area contributed by atoms with E-state index in [9.17, 15) is 9.59 Å². The summed E-state index contributed by atoms with van der Waals surface area (Å²) in [5.74, 6) is -0.294. The first-order valence-electron chi connectivity index (χ1n) is 11.7. The number of Topliss-reactive ketones (excluding diaryl/α,β-unsaturated/α-hetero) is 1. The Morgan fingerprint density at radius 2 is 2.00 bits per heavy atom. The first-order chi connectivity index (χ1) is 16.7. The van der Waals surface area contributed by atoms with E-state index in [1.54, 1.807) is 30.5 Å². The summed E-state index contributed by atoms with van der Waals surface area (Å²) in [5, 5.41) is 3.72. The number of rotatable bonds is 6. The number of nitrogens with zero attached hydrogens (tertiary/aromatic N) is 1. The lowest BCUT2D eigenvalue weighted by Gasteiger charge is -2.39. The van der Waals surface area contributed by atoms with Crippen LogP contribution in [0.3, 0.4) is 0 Å². The number of ether oxygens (including phenoxy) is 2. The van der Waals surface area contributed by atoms with Gasteiger partial charge in [0.25, 0.3) is 0 Å². The van der Waals surface area contributed by atoms with Crippen LogP contribution in [0.25, 0.3) is 10.9 Å². The van der Waals surface area contributed by atoms with Gasteiger partial charge in [0.05, 0.1) is 33.7 Å². The van der Waals surface area contributed by atoms with E-state index < -0.39 is 16.8 Å². The number of carbonyl (C=O) groups is 1. The van der Waals surface area contributed by atoms with Gasteiger partial charge in [0, 0.05) is 11.2 Å². The van der Waals surface area contributed by atoms with Gasteiger partial charge in [0.15, 0.2) is 17.3 Å². The van der Waals surface area contributed by atoms with Crippen LogP contribution in [-0.2, 0) is 5.54 Å². The van der Waals surface area contributed by atoms with E-state index in [-0.39, 0.29) is 46.5 Å². The minimum absolute atomic E-state index is 0.00756. The average Bonchev–Trinajstić information content (AvgIpc) is 3.30. The number of pyridine rings is 1. The molecule has 2 heterocycles. The van der Waals surface area contributed by atoms with Gasteiger partial charge in [-0.1, -0.05) is 24.4 Å². The number of benzene rings is 2. The lowest BCUT2D eigenvalue weighted by molar-refractivity contribution is 0.101. The van der Waals surface area contributed by atoms with Gasteiger partial charge >= 0.3 is 0 Å². The van der Waals surface area contributed by atoms with Crippen molar-refractivity contribution in [1.82, 2.24) is 4.57 Å². The summed E-state index contributed by atoms with van der Waals surface area (Å²) in [7, 11) is 0. The molecular weight excluding hydrogens is 473 g/mol. The maximum Gasteiger partial charge on any atom is 0.202 e. The van der Waals surface area contributed by atoms with Gasteiger partial charge in [-0.15, -0.1) is 0 Å². The predicted octanol–water partition coefficient (Wildman–Crippen LogP) is 5.12. The van der Waals surface area contributed by atoms with Crippen molar-refractivity contribution >= 4 is 39.7 Å². The fourth-order valence-electron chi connectivity index (χ4n) is 5.18. The van der Waals surface area contributed by atoms with Crippen molar-refractivity contribution < 1.29 is 18.7 Å². The molecule has 7 nitrogen and oxygen atoms in total. The van der Waals surface area contributed by atoms with Crippen molar-refractivity contribution in [1.29, 1.82) is 0 Å². The topological polar surface area (TPSA) is 95.6 Å². The van der Waals surface area contributed by atoms with Gasteiger partial charge in [-0.05, 0) is 51.0 Å². The number of anilines is 2. The minimum Gasteiger partial charge on any atom is -0.491 e. The highest BCUT2D eigenvalue weighted by atomic mass is 35.5. The molecule has 0 amide bonds. The molecule has 1 spiro atoms. The lowest BCUT2D eigenvalue weighted by Crippen LogP contribution is -2.42. The molecule has 3 N–H and O–H groups in total. The predicted molar refractivity (Wildman–Crippen MR) is 135 cm³/mol. The first-order valence-corrected chi connectivity index (χ1v) is 12.1. The number of hydrogen-bond acceptors (Lipinski definition) is 6. The molecule has 1 aliphatic carbocycles. The van der Waals surface area contributed by atoms with Crippen LogP contribution in [0, 0.1) is 5.82 Å². The summed E-state index contributed by atoms with van der Waals surface area (Å²) in [5.41, 5.74) is 5.46. The highest BCUT2D eigenvalue weighted by Crippen LogP contribution is 2.49. The van der Waals surface area contributed by atoms with Crippen LogP contribution in [0.4, 0.5) is 15.8 Å². The van der Waals surface area contributed by atoms with Crippen LogP contribution in [0.1, 0.15) is 49.9 Å². The third-order valence-corrected chi connectivity index (χ3v) is 7.24. The molecule has 1 saturated carbocycles. The molecule has 35 heavy (non-hydrogen) atoms. The van der Waals surface area contributed by atoms with Gasteiger partial charge in [-0.25, -0.2) is 4.39 Å². The molecule has 0 saturated heterocycles. The van der Waals surface area contributed by atoms with Crippen molar-refractivity contribution in [2.24, 2.45) is 0 Å². The second kappa shape index (κ2) is 8.75. The van der Waals surface area contributed by atoms with E-state index >= 15 is 4.39 Å². The van der Waals surface area contributed by atoms with E-state index in [0.29, 0.717) is 22.9 Å². The van der Waals surface area contributed by atoms with Gasteiger partial charge in [-0.2, -0.15) is 0 Å². The Hall–Kier alpha value is -3.26. The SMILES string of the molecule is CC(=O)c1cn2c3c(c(NC(C)COc4ccc(Cl)cc4)c(F)c(N)c3c1=O)OCC21CCCC1. The number of halogens is 2. The Kier molecular flexibility index (Phi) is 5.87. The molecule has 1 aromatic heterocycles. The summed E-state index contributed by atoms with van der Waals surface area (Å²) in [6.07, 6.45) is 5.30. The summed E-state index contributed by atoms with van der Waals surface area (Å²) < 4.78 is 29.5. The fraction of sp³-hybridized carbons (Fsp3) is 0.385. The zero-order chi connectivity index (χ0) is 24.9. The van der Waals surface area contributed by atoms with Crippen LogP contribution in [-0.4, -0.2) is 29.6 Å². The maximum atomic E-state index is 15.6. The third-order valence-electron chi connectivity index (χ3n) is 6.99. The number of fused-ring (bicyclic) bond motifs is 1. The number of nitrogens with two attached hydrogens (primary N) is 1. The van der Waals surface area contributed by atoms with E-state index in [1.807, 2.05) is 11.5 Å². The summed E-state index contributed by atoms with van der Waals surface area (Å²) in [4.78, 5) is 25.5. The Morgan fingerprint density at radius 3 is 2.66 bits per heavy atom. The number of nitrogen functional groups attached to an aromatic ring is 1. The van der Waals surface area contributed by atoms with Crippen LogP contribution in [0.15, 0.2) is 35.3 Å². The summed E-state index contributed by atoms with van der Waals surface area (Å²) >= 11 is 5.92. The second-order valence-electron chi connectivity index (χ2n) is 9.48. The lowest BCUT2D eigenvalue weighted by atomic mass is 9.93. The molecule has 9 heteroatoms. The summed E-state index contributed by atoms with van der Waals surface area (Å²) in [6.45, 7) is 3.74. The number of carbonyl (C=O) groups excluding carboxylic acids is 1. The second-order valence-corrected chi connectivity index (χ2v) is 9.92. The molecule has 2 aromatic carbocycles. The molecule has 1 unspecified atom stereocenters. The summed E-state index contributed by atoms with van der Waals surface area (Å²) in [6, 6.07) is 6.63. The molecule has 3 aromatic rings. The van der Waals surface area contributed by atoms with Crippen LogP contribution in [0.5, 0.6) is 11.5 Å². The Bertz CT molecular complexity index is 1380. The monoisotopic (exact) mass is 499 g/mol. The van der Waals surface area contributed by atoms with Crippen molar-refractivity contribution in [3.8, 4) is 11.5 Å². The molecule has 1 aliphatic heterocycles. The Balaban J connectivity index is 1.60. The van der Waals surface area contributed by atoms with E-state index in [4.69, 9.17) is 26.8 Å². The Morgan fingerprint density at radius 1 is 1.31 bits per heavy atom. The quantitative estimate of drug-likeness (QED) is 0.361. The Labute approximate surface area is 207 Å². The smallest absolute Gasteiger partial charge is 0.202 e. The maximum absolute atomic E-state index is 15.6. The van der Waals surface area contributed by atoms with Gasteiger partial charge in [-0.3, -0.25) is 9.59 Å². The normalized spacial score (nSPS) is 16.8. The van der Waals surface area contributed by atoms with E-state index in [0.717, 1.165) is 25.7 Å². The number of ketones is 1. The molecule has 0 bridgehead atoms. The van der Waals surface area contributed by atoms with Crippen LogP contribution in [0.2, 0.25) is 5.02 Å². The van der Waals surface area contributed by atoms with Gasteiger partial charge in [0.1, 0.15) is 24.7 Å². The molecule has 1 atom stereocenters. The molecule has 1 fully saturated rings. The van der Waals surface area contributed by atoms with E-state index in [1.165, 1.54) is 6.92 Å². The fourth-order valence-corrected chi connectivity index (χ4v) is 5.31. The molecule has 2 aliphatic rings. The van der Waals surface area contributed by atoms with Crippen molar-refractivity contribution in [2.45, 2.75) is 51.1 Å². The first kappa shape index (κ1) is 23.5. The van der Waals surface area contributed by atoms with Crippen molar-refractivity contribution in [2.75, 3.05) is 24.3 Å². The third kappa shape index (κ3) is 3.89. The minimum atomic E-state index is -0.780. The van der Waals surface area contributed by atoms with Crippen LogP contribution >= 0.6 is 11.6 Å². The molecule has 5 rings (SSSR count). The highest BCUT2D eigenvalue weighted by molar-refractivity contribution is 6.30.